The molecule has 5 rings (SSSR count). The van der Waals surface area contributed by atoms with Crippen molar-refractivity contribution in [2.75, 3.05) is 5.01 Å². The molecule has 0 fully saturated rings. The predicted octanol–water partition coefficient (Wildman–Crippen LogP) is 5.05. The molecule has 1 amide bonds. The molecule has 6 nitrogen and oxygen atoms in total. The van der Waals surface area contributed by atoms with E-state index in [4.69, 9.17) is 0 Å². The van der Waals surface area contributed by atoms with E-state index < -0.39 is 0 Å². The highest BCUT2D eigenvalue weighted by molar-refractivity contribution is 6.32. The van der Waals surface area contributed by atoms with Crippen LogP contribution in [0.4, 0.5) is 5.69 Å². The van der Waals surface area contributed by atoms with Gasteiger partial charge in [-0.05, 0) is 68.5 Å². The summed E-state index contributed by atoms with van der Waals surface area (Å²) in [6.45, 7) is 7.66. The van der Waals surface area contributed by atoms with Crippen molar-refractivity contribution < 1.29 is 4.79 Å². The lowest BCUT2D eigenvalue weighted by atomic mass is 10.1. The molecule has 0 bridgehead atoms. The van der Waals surface area contributed by atoms with Gasteiger partial charge in [-0.1, -0.05) is 42.5 Å². The maximum absolute atomic E-state index is 13.4. The van der Waals surface area contributed by atoms with E-state index in [2.05, 4.69) is 10.2 Å². The van der Waals surface area contributed by atoms with Gasteiger partial charge in [-0.25, -0.2) is 4.68 Å². The Bertz CT molecular complexity index is 1550. The third-order valence-corrected chi connectivity index (χ3v) is 6.21. The number of H-pyrrole nitrogens is 1. The van der Waals surface area contributed by atoms with Crippen LogP contribution in [0.15, 0.2) is 76.1 Å². The SMILES string of the molecule is CC1=NN(c2ccc(C)c(C)c2)C(=O)C1=Cc1c(C)[nH]n(-c2cccc3ccccc23)c1=O. The molecular formula is C27H24N4O2. The molecule has 33 heavy (non-hydrogen) atoms. The number of fused-ring (bicyclic) bond motifs is 1. The molecule has 0 unspecified atom stereocenters. The number of nitrogens with zero attached hydrogens (tertiary/aromatic N) is 3. The maximum atomic E-state index is 13.4. The molecule has 0 spiro atoms. The standard InChI is InChI=1S/C27H24N4O2/c1-16-12-13-21(14-17(16)2)30-26(32)23(18(3)28-30)15-24-19(4)29-31(27(24)33)25-11-7-9-20-8-5-6-10-22(20)25/h5-15,29H,1-4H3. The van der Waals surface area contributed by atoms with Crippen LogP contribution in [0.3, 0.4) is 0 Å². The molecule has 1 N–H and O–H groups in total. The smallest absolute Gasteiger partial charge is 0.280 e. The lowest BCUT2D eigenvalue weighted by Gasteiger charge is -2.13. The molecule has 3 aromatic carbocycles. The summed E-state index contributed by atoms with van der Waals surface area (Å²) in [5, 5.41) is 11.1. The molecule has 1 aromatic heterocycles. The highest BCUT2D eigenvalue weighted by atomic mass is 16.2. The number of nitrogens with one attached hydrogen (secondary N) is 1. The molecule has 4 aromatic rings. The number of hydrogen-bond donors (Lipinski definition) is 1. The van der Waals surface area contributed by atoms with Crippen LogP contribution < -0.4 is 10.6 Å². The van der Waals surface area contributed by atoms with Crippen molar-refractivity contribution in [2.24, 2.45) is 5.10 Å². The number of carbonyl (C=O) groups is 1. The second kappa shape index (κ2) is 7.74. The van der Waals surface area contributed by atoms with Gasteiger partial charge in [0, 0.05) is 11.1 Å². The van der Waals surface area contributed by atoms with E-state index in [0.29, 0.717) is 28.2 Å². The van der Waals surface area contributed by atoms with E-state index in [-0.39, 0.29) is 11.5 Å². The molecule has 2 heterocycles. The van der Waals surface area contributed by atoms with Gasteiger partial charge in [0.15, 0.2) is 0 Å². The number of rotatable bonds is 3. The van der Waals surface area contributed by atoms with Crippen molar-refractivity contribution >= 4 is 34.2 Å². The molecule has 0 atom stereocenters. The number of carbonyl (C=O) groups excluding carboxylic acids is 1. The number of aromatic amines is 1. The Balaban J connectivity index is 1.57. The minimum Gasteiger partial charge on any atom is -0.295 e. The Kier molecular flexibility index (Phi) is 4.86. The third kappa shape index (κ3) is 3.40. The summed E-state index contributed by atoms with van der Waals surface area (Å²) in [6, 6.07) is 19.6. The van der Waals surface area contributed by atoms with Crippen LogP contribution in [-0.2, 0) is 4.79 Å². The summed E-state index contributed by atoms with van der Waals surface area (Å²) in [7, 11) is 0. The molecule has 0 radical (unpaired) electrons. The Hall–Kier alpha value is -4.19. The first-order valence-electron chi connectivity index (χ1n) is 10.8. The quantitative estimate of drug-likeness (QED) is 0.457. The number of benzene rings is 3. The molecule has 1 aliphatic heterocycles. The van der Waals surface area contributed by atoms with Gasteiger partial charge in [0.05, 0.1) is 28.2 Å². The van der Waals surface area contributed by atoms with Gasteiger partial charge in [-0.2, -0.15) is 10.1 Å². The van der Waals surface area contributed by atoms with E-state index in [9.17, 15) is 9.59 Å². The fourth-order valence-corrected chi connectivity index (χ4v) is 4.16. The lowest BCUT2D eigenvalue weighted by molar-refractivity contribution is -0.114. The molecule has 164 valence electrons. The summed E-state index contributed by atoms with van der Waals surface area (Å²) in [5.74, 6) is -0.243. The topological polar surface area (TPSA) is 70.5 Å². The summed E-state index contributed by atoms with van der Waals surface area (Å²) in [6.07, 6.45) is 1.65. The van der Waals surface area contributed by atoms with Gasteiger partial charge in [-0.15, -0.1) is 0 Å². The van der Waals surface area contributed by atoms with Gasteiger partial charge in [0.25, 0.3) is 11.5 Å². The number of hydrazone groups is 1. The largest absolute Gasteiger partial charge is 0.295 e. The van der Waals surface area contributed by atoms with Gasteiger partial charge in [0.1, 0.15) is 0 Å². The van der Waals surface area contributed by atoms with Crippen molar-refractivity contribution in [3.05, 3.63) is 99.0 Å². The van der Waals surface area contributed by atoms with E-state index in [0.717, 1.165) is 27.6 Å². The minimum absolute atomic E-state index is 0.207. The normalized spacial score (nSPS) is 15.0. The second-order valence-electron chi connectivity index (χ2n) is 8.42. The monoisotopic (exact) mass is 436 g/mol. The molecule has 0 saturated carbocycles. The average Bonchev–Trinajstić information content (AvgIpc) is 3.25. The average molecular weight is 437 g/mol. The molecule has 6 heteroatoms. The minimum atomic E-state index is -0.243. The van der Waals surface area contributed by atoms with Crippen molar-refractivity contribution in [1.82, 2.24) is 9.78 Å². The Morgan fingerprint density at radius 3 is 2.42 bits per heavy atom. The van der Waals surface area contributed by atoms with Crippen molar-refractivity contribution in [3.63, 3.8) is 0 Å². The van der Waals surface area contributed by atoms with Crippen LogP contribution in [0.1, 0.15) is 29.3 Å². The van der Waals surface area contributed by atoms with Gasteiger partial charge >= 0.3 is 0 Å². The summed E-state index contributed by atoms with van der Waals surface area (Å²) in [4.78, 5) is 26.6. The zero-order chi connectivity index (χ0) is 23.3. The van der Waals surface area contributed by atoms with Crippen molar-refractivity contribution in [1.29, 1.82) is 0 Å². The zero-order valence-corrected chi connectivity index (χ0v) is 19.0. The van der Waals surface area contributed by atoms with Crippen LogP contribution >= 0.6 is 0 Å². The fraction of sp³-hybridized carbons (Fsp3) is 0.148. The Morgan fingerprint density at radius 2 is 1.64 bits per heavy atom. The summed E-state index contributed by atoms with van der Waals surface area (Å²) in [5.41, 5.74) is 5.64. The van der Waals surface area contributed by atoms with Gasteiger partial charge in [-0.3, -0.25) is 14.7 Å². The van der Waals surface area contributed by atoms with Crippen LogP contribution in [0.2, 0.25) is 0 Å². The molecule has 1 aliphatic rings. The van der Waals surface area contributed by atoms with Crippen LogP contribution in [0.5, 0.6) is 0 Å². The van der Waals surface area contributed by atoms with Crippen molar-refractivity contribution in [2.45, 2.75) is 27.7 Å². The molecule has 0 saturated heterocycles. The van der Waals surface area contributed by atoms with Crippen LogP contribution in [0, 0.1) is 20.8 Å². The first-order chi connectivity index (χ1) is 15.8. The van der Waals surface area contributed by atoms with E-state index >= 15 is 0 Å². The lowest BCUT2D eigenvalue weighted by Crippen LogP contribution is -2.22. The summed E-state index contributed by atoms with van der Waals surface area (Å²) < 4.78 is 1.54. The van der Waals surface area contributed by atoms with E-state index in [1.165, 1.54) is 9.69 Å². The summed E-state index contributed by atoms with van der Waals surface area (Å²) >= 11 is 0. The van der Waals surface area contributed by atoms with Crippen LogP contribution in [0.25, 0.3) is 22.5 Å². The number of hydrogen-bond acceptors (Lipinski definition) is 3. The number of anilines is 1. The predicted molar refractivity (Wildman–Crippen MR) is 133 cm³/mol. The highest BCUT2D eigenvalue weighted by Crippen LogP contribution is 2.27. The van der Waals surface area contributed by atoms with E-state index in [1.54, 1.807) is 13.0 Å². The van der Waals surface area contributed by atoms with E-state index in [1.807, 2.05) is 81.4 Å². The first kappa shape index (κ1) is 20.7. The Morgan fingerprint density at radius 1 is 0.879 bits per heavy atom. The first-order valence-corrected chi connectivity index (χ1v) is 10.8. The van der Waals surface area contributed by atoms with Crippen molar-refractivity contribution in [3.8, 4) is 5.69 Å². The second-order valence-corrected chi connectivity index (χ2v) is 8.42. The van der Waals surface area contributed by atoms with Gasteiger partial charge < -0.3 is 0 Å². The maximum Gasteiger partial charge on any atom is 0.280 e. The molecular weight excluding hydrogens is 412 g/mol. The van der Waals surface area contributed by atoms with Crippen LogP contribution in [-0.4, -0.2) is 21.4 Å². The fourth-order valence-electron chi connectivity index (χ4n) is 4.16. The molecule has 0 aliphatic carbocycles. The van der Waals surface area contributed by atoms with Gasteiger partial charge in [0.2, 0.25) is 0 Å². The number of aryl methyl sites for hydroxylation is 3. The Labute approximate surface area is 191 Å². The number of aromatic nitrogens is 2. The number of amides is 1. The zero-order valence-electron chi connectivity index (χ0n) is 19.0. The third-order valence-electron chi connectivity index (χ3n) is 6.21. The highest BCUT2D eigenvalue weighted by Gasteiger charge is 2.29.